The van der Waals surface area contributed by atoms with Gasteiger partial charge in [0.15, 0.2) is 11.5 Å². The molecule has 1 N–H and O–H groups in total. The van der Waals surface area contributed by atoms with Crippen LogP contribution in [0.3, 0.4) is 0 Å². The minimum absolute atomic E-state index is 0.395. The monoisotopic (exact) mass is 496 g/mol. The molecule has 2 aliphatic rings. The van der Waals surface area contributed by atoms with Crippen molar-refractivity contribution in [2.24, 2.45) is 17.8 Å². The summed E-state index contributed by atoms with van der Waals surface area (Å²) in [6.45, 7) is 6.59. The summed E-state index contributed by atoms with van der Waals surface area (Å²) >= 11 is 0. The van der Waals surface area contributed by atoms with Crippen LogP contribution in [0, 0.1) is 17.8 Å². The SMILES string of the molecule is C=C/C=C(\C)[C@@H]1[C@@H](C(=O)Oc2cccc(-c3ccc4c(c3)OCCO4)c2)[C@H](c2ccccc2)[C@H]1C(=O)O. The van der Waals surface area contributed by atoms with Crippen LogP contribution in [0.4, 0.5) is 0 Å². The van der Waals surface area contributed by atoms with Crippen LogP contribution in [0.2, 0.25) is 0 Å². The van der Waals surface area contributed by atoms with Crippen molar-refractivity contribution >= 4 is 11.9 Å². The smallest absolute Gasteiger partial charge is 0.315 e. The molecule has 5 rings (SSSR count). The van der Waals surface area contributed by atoms with E-state index >= 15 is 0 Å². The van der Waals surface area contributed by atoms with Crippen molar-refractivity contribution in [2.75, 3.05) is 13.2 Å². The summed E-state index contributed by atoms with van der Waals surface area (Å²) in [4.78, 5) is 25.9. The Bertz CT molecular complexity index is 1360. The van der Waals surface area contributed by atoms with Gasteiger partial charge in [-0.2, -0.15) is 0 Å². The average Bonchev–Trinajstić information content (AvgIpc) is 2.88. The van der Waals surface area contributed by atoms with Crippen molar-refractivity contribution in [1.29, 1.82) is 0 Å². The number of hydrogen-bond donors (Lipinski definition) is 1. The summed E-state index contributed by atoms with van der Waals surface area (Å²) in [7, 11) is 0. The number of fused-ring (bicyclic) bond motifs is 1. The van der Waals surface area contributed by atoms with Gasteiger partial charge in [0.25, 0.3) is 0 Å². The van der Waals surface area contributed by atoms with E-state index in [4.69, 9.17) is 14.2 Å². The second-order valence-electron chi connectivity index (χ2n) is 9.31. The lowest BCUT2D eigenvalue weighted by molar-refractivity contribution is -0.161. The molecule has 6 nitrogen and oxygen atoms in total. The van der Waals surface area contributed by atoms with Crippen LogP contribution in [0.1, 0.15) is 18.4 Å². The molecule has 0 amide bonds. The van der Waals surface area contributed by atoms with Crippen LogP contribution in [-0.4, -0.2) is 30.3 Å². The molecule has 188 valence electrons. The summed E-state index contributed by atoms with van der Waals surface area (Å²) in [5.41, 5.74) is 3.37. The summed E-state index contributed by atoms with van der Waals surface area (Å²) in [5, 5.41) is 10.1. The van der Waals surface area contributed by atoms with Crippen LogP contribution in [0.5, 0.6) is 17.2 Å². The van der Waals surface area contributed by atoms with E-state index in [2.05, 4.69) is 6.58 Å². The standard InChI is InChI=1S/C31H28O6/c1-3-8-19(2)26-28(30(32)33)27(20-9-5-4-6-10-20)29(26)31(34)37-23-12-7-11-21(17-23)22-13-14-24-25(18-22)36-16-15-35-24/h3-14,17-18,26-29H,1,15-16H2,2H3,(H,32,33)/b19-8+/t26-,27+,28-,29+/m0/s1. The molecule has 1 aliphatic carbocycles. The number of aliphatic carboxylic acids is 1. The van der Waals surface area contributed by atoms with Crippen LogP contribution in [-0.2, 0) is 9.59 Å². The minimum Gasteiger partial charge on any atom is -0.486 e. The zero-order chi connectivity index (χ0) is 25.9. The first-order valence-electron chi connectivity index (χ1n) is 12.3. The fourth-order valence-electron chi connectivity index (χ4n) is 5.45. The van der Waals surface area contributed by atoms with Gasteiger partial charge in [0, 0.05) is 11.8 Å². The van der Waals surface area contributed by atoms with Crippen LogP contribution in [0.25, 0.3) is 11.1 Å². The Labute approximate surface area is 215 Å². The predicted octanol–water partition coefficient (Wildman–Crippen LogP) is 5.89. The van der Waals surface area contributed by atoms with Crippen molar-refractivity contribution in [3.63, 3.8) is 0 Å². The molecule has 0 radical (unpaired) electrons. The van der Waals surface area contributed by atoms with E-state index in [9.17, 15) is 14.7 Å². The van der Waals surface area contributed by atoms with E-state index < -0.39 is 35.6 Å². The van der Waals surface area contributed by atoms with Gasteiger partial charge < -0.3 is 19.3 Å². The second-order valence-corrected chi connectivity index (χ2v) is 9.31. The fourth-order valence-corrected chi connectivity index (χ4v) is 5.45. The molecular weight excluding hydrogens is 468 g/mol. The third-order valence-electron chi connectivity index (χ3n) is 7.12. The van der Waals surface area contributed by atoms with E-state index in [1.54, 1.807) is 24.3 Å². The Morgan fingerprint density at radius 3 is 2.35 bits per heavy atom. The van der Waals surface area contributed by atoms with Gasteiger partial charge in [-0.1, -0.05) is 72.8 Å². The number of hydrogen-bond acceptors (Lipinski definition) is 5. The third-order valence-corrected chi connectivity index (χ3v) is 7.12. The van der Waals surface area contributed by atoms with Gasteiger partial charge in [0.2, 0.25) is 0 Å². The zero-order valence-electron chi connectivity index (χ0n) is 20.5. The topological polar surface area (TPSA) is 82.1 Å². The maximum atomic E-state index is 13.6. The van der Waals surface area contributed by atoms with Gasteiger partial charge in [0.05, 0.1) is 11.8 Å². The maximum Gasteiger partial charge on any atom is 0.315 e. The summed E-state index contributed by atoms with van der Waals surface area (Å²) in [6.07, 6.45) is 3.38. The Morgan fingerprint density at radius 2 is 1.62 bits per heavy atom. The van der Waals surface area contributed by atoms with E-state index in [1.165, 1.54) is 0 Å². The first kappa shape index (κ1) is 24.4. The first-order chi connectivity index (χ1) is 18.0. The lowest BCUT2D eigenvalue weighted by Crippen LogP contribution is -2.54. The molecule has 6 heteroatoms. The summed E-state index contributed by atoms with van der Waals surface area (Å²) < 4.78 is 17.2. The third kappa shape index (κ3) is 4.75. The molecule has 0 bridgehead atoms. The minimum atomic E-state index is -0.930. The van der Waals surface area contributed by atoms with Gasteiger partial charge >= 0.3 is 11.9 Å². The van der Waals surface area contributed by atoms with E-state index in [1.807, 2.05) is 67.6 Å². The number of allylic oxidation sites excluding steroid dienone is 3. The van der Waals surface area contributed by atoms with Crippen LogP contribution in [0.15, 0.2) is 97.1 Å². The largest absolute Gasteiger partial charge is 0.486 e. The van der Waals surface area contributed by atoms with Crippen molar-refractivity contribution < 1.29 is 28.9 Å². The molecule has 37 heavy (non-hydrogen) atoms. The molecule has 0 unspecified atom stereocenters. The lowest BCUT2D eigenvalue weighted by Gasteiger charge is -2.49. The van der Waals surface area contributed by atoms with Crippen LogP contribution >= 0.6 is 0 Å². The number of carboxylic acid groups (broad SMARTS) is 1. The highest BCUT2D eigenvalue weighted by Crippen LogP contribution is 2.56. The number of benzene rings is 3. The molecule has 0 saturated heterocycles. The highest BCUT2D eigenvalue weighted by Gasteiger charge is 2.59. The molecule has 0 spiro atoms. The number of ether oxygens (including phenoxy) is 3. The molecule has 1 aliphatic heterocycles. The Morgan fingerprint density at radius 1 is 0.892 bits per heavy atom. The maximum absolute atomic E-state index is 13.6. The van der Waals surface area contributed by atoms with Crippen molar-refractivity contribution in [3.05, 3.63) is 103 Å². The zero-order valence-corrected chi connectivity index (χ0v) is 20.5. The van der Waals surface area contributed by atoms with Crippen molar-refractivity contribution in [3.8, 4) is 28.4 Å². The molecule has 1 heterocycles. The predicted molar refractivity (Wildman–Crippen MR) is 140 cm³/mol. The average molecular weight is 497 g/mol. The lowest BCUT2D eigenvalue weighted by atomic mass is 9.52. The number of carboxylic acids is 1. The fraction of sp³-hybridized carbons (Fsp3) is 0.226. The molecule has 0 aromatic heterocycles. The molecule has 3 aromatic carbocycles. The number of carbonyl (C=O) groups is 2. The number of carbonyl (C=O) groups excluding carboxylic acids is 1. The first-order valence-corrected chi connectivity index (χ1v) is 12.3. The van der Waals surface area contributed by atoms with Gasteiger partial charge in [-0.05, 0) is 47.9 Å². The van der Waals surface area contributed by atoms with E-state index in [-0.39, 0.29) is 0 Å². The molecule has 3 aromatic rings. The van der Waals surface area contributed by atoms with Crippen LogP contribution < -0.4 is 14.2 Å². The second kappa shape index (κ2) is 10.3. The summed E-state index contributed by atoms with van der Waals surface area (Å²) in [6, 6.07) is 22.3. The van der Waals surface area contributed by atoms with Gasteiger partial charge in [0.1, 0.15) is 19.0 Å². The Kier molecular flexibility index (Phi) is 6.82. The molecular formula is C31H28O6. The van der Waals surface area contributed by atoms with Gasteiger partial charge in [-0.15, -0.1) is 0 Å². The molecule has 1 fully saturated rings. The van der Waals surface area contributed by atoms with E-state index in [0.29, 0.717) is 30.5 Å². The number of esters is 1. The van der Waals surface area contributed by atoms with Crippen molar-refractivity contribution in [1.82, 2.24) is 0 Å². The Hall–Kier alpha value is -4.32. The highest BCUT2D eigenvalue weighted by molar-refractivity contribution is 5.85. The van der Waals surface area contributed by atoms with Gasteiger partial charge in [-0.3, -0.25) is 9.59 Å². The molecule has 4 atom stereocenters. The highest BCUT2D eigenvalue weighted by atomic mass is 16.6. The quantitative estimate of drug-likeness (QED) is 0.249. The van der Waals surface area contributed by atoms with E-state index in [0.717, 1.165) is 22.3 Å². The Balaban J connectivity index is 1.44. The van der Waals surface area contributed by atoms with Crippen molar-refractivity contribution in [2.45, 2.75) is 12.8 Å². The molecule has 1 saturated carbocycles. The summed E-state index contributed by atoms with van der Waals surface area (Å²) in [5.74, 6) is -1.97. The number of rotatable bonds is 7. The van der Waals surface area contributed by atoms with Gasteiger partial charge in [-0.25, -0.2) is 0 Å². The normalized spacial score (nSPS) is 22.5.